The van der Waals surface area contributed by atoms with Crippen molar-refractivity contribution in [2.24, 2.45) is 0 Å². The van der Waals surface area contributed by atoms with Crippen LogP contribution in [0.2, 0.25) is 0 Å². The number of pyridine rings is 1. The number of nitrogens with one attached hydrogen (secondary N) is 1. The quantitative estimate of drug-likeness (QED) is 0.687. The molecule has 0 amide bonds. The lowest BCUT2D eigenvalue weighted by molar-refractivity contribution is 0.405. The van der Waals surface area contributed by atoms with E-state index in [9.17, 15) is 0 Å². The minimum Gasteiger partial charge on any atom is -0.384 e. The van der Waals surface area contributed by atoms with Crippen molar-refractivity contribution < 1.29 is 0 Å². The zero-order valence-corrected chi connectivity index (χ0v) is 8.83. The van der Waals surface area contributed by atoms with Gasteiger partial charge in [-0.1, -0.05) is 6.07 Å². The third kappa shape index (κ3) is 4.09. The number of hydrogen-bond donors (Lipinski definition) is 2. The molecule has 1 aromatic heterocycles. The lowest BCUT2D eigenvalue weighted by Gasteiger charge is -2.10. The predicted molar refractivity (Wildman–Crippen MR) is 60.3 cm³/mol. The van der Waals surface area contributed by atoms with Crippen LogP contribution in [0.3, 0.4) is 0 Å². The molecule has 14 heavy (non-hydrogen) atoms. The topological polar surface area (TPSA) is 54.2 Å². The van der Waals surface area contributed by atoms with E-state index in [1.54, 1.807) is 6.07 Å². The molecule has 0 radical (unpaired) electrons. The molecule has 4 heteroatoms. The molecule has 0 fully saturated rings. The lowest BCUT2D eigenvalue weighted by atomic mass is 10.4. The molecule has 1 rings (SSSR count). The van der Waals surface area contributed by atoms with Gasteiger partial charge >= 0.3 is 0 Å². The van der Waals surface area contributed by atoms with E-state index < -0.39 is 0 Å². The Kier molecular flexibility index (Phi) is 4.19. The van der Waals surface area contributed by atoms with Gasteiger partial charge in [0, 0.05) is 6.54 Å². The summed E-state index contributed by atoms with van der Waals surface area (Å²) in [4.78, 5) is 6.30. The first kappa shape index (κ1) is 10.8. The van der Waals surface area contributed by atoms with Crippen LogP contribution in [0.25, 0.3) is 0 Å². The highest BCUT2D eigenvalue weighted by atomic mass is 15.1. The van der Waals surface area contributed by atoms with Crippen molar-refractivity contribution in [1.82, 2.24) is 9.88 Å². The summed E-state index contributed by atoms with van der Waals surface area (Å²) in [6, 6.07) is 5.60. The number of nitrogens with zero attached hydrogens (tertiary/aromatic N) is 2. The maximum atomic E-state index is 5.55. The standard InChI is InChI=1S/C10H18N4/c1-14(2)8-4-7-12-10-6-3-5-9(11)13-10/h3,5-6H,4,7-8H2,1-2H3,(H3,11,12,13). The fraction of sp³-hybridized carbons (Fsp3) is 0.500. The first-order valence-electron chi connectivity index (χ1n) is 4.79. The Balaban J connectivity index is 2.25. The van der Waals surface area contributed by atoms with Gasteiger partial charge < -0.3 is 16.0 Å². The Labute approximate surface area is 85.1 Å². The van der Waals surface area contributed by atoms with Crippen LogP contribution in [0, 0.1) is 0 Å². The third-order valence-corrected chi connectivity index (χ3v) is 1.86. The van der Waals surface area contributed by atoms with Gasteiger partial charge in [0.25, 0.3) is 0 Å². The minimum atomic E-state index is 0.558. The van der Waals surface area contributed by atoms with Gasteiger partial charge in [0.05, 0.1) is 0 Å². The summed E-state index contributed by atoms with van der Waals surface area (Å²) in [6.45, 7) is 2.00. The van der Waals surface area contributed by atoms with Gasteiger partial charge in [-0.25, -0.2) is 4.98 Å². The fourth-order valence-corrected chi connectivity index (χ4v) is 1.16. The molecule has 0 aliphatic carbocycles. The maximum absolute atomic E-state index is 5.55. The molecule has 4 nitrogen and oxygen atoms in total. The van der Waals surface area contributed by atoms with Gasteiger partial charge in [0.2, 0.25) is 0 Å². The third-order valence-electron chi connectivity index (χ3n) is 1.86. The van der Waals surface area contributed by atoms with Crippen LogP contribution in [-0.2, 0) is 0 Å². The van der Waals surface area contributed by atoms with E-state index >= 15 is 0 Å². The Hall–Kier alpha value is -1.29. The average molecular weight is 194 g/mol. The van der Waals surface area contributed by atoms with Gasteiger partial charge in [0.1, 0.15) is 11.6 Å². The zero-order valence-electron chi connectivity index (χ0n) is 8.83. The van der Waals surface area contributed by atoms with Gasteiger partial charge in [-0.2, -0.15) is 0 Å². The second-order valence-corrected chi connectivity index (χ2v) is 3.53. The number of aromatic nitrogens is 1. The molecular formula is C10H18N4. The van der Waals surface area contributed by atoms with Crippen LogP contribution in [-0.4, -0.2) is 37.1 Å². The summed E-state index contributed by atoms with van der Waals surface area (Å²) >= 11 is 0. The number of hydrogen-bond acceptors (Lipinski definition) is 4. The van der Waals surface area contributed by atoms with Crippen LogP contribution in [0.4, 0.5) is 11.6 Å². The lowest BCUT2D eigenvalue weighted by Crippen LogP contribution is -2.16. The molecule has 1 aromatic rings. The van der Waals surface area contributed by atoms with Crippen molar-refractivity contribution >= 4 is 11.6 Å². The van der Waals surface area contributed by atoms with Crippen LogP contribution >= 0.6 is 0 Å². The van der Waals surface area contributed by atoms with Crippen molar-refractivity contribution in [3.8, 4) is 0 Å². The molecule has 0 spiro atoms. The normalized spacial score (nSPS) is 10.5. The van der Waals surface area contributed by atoms with E-state index in [0.29, 0.717) is 5.82 Å². The van der Waals surface area contributed by atoms with Crippen LogP contribution < -0.4 is 11.1 Å². The first-order valence-corrected chi connectivity index (χ1v) is 4.79. The van der Waals surface area contributed by atoms with Crippen LogP contribution in [0.15, 0.2) is 18.2 Å². The molecule has 0 aliphatic rings. The highest BCUT2D eigenvalue weighted by Crippen LogP contribution is 2.05. The van der Waals surface area contributed by atoms with E-state index in [2.05, 4.69) is 29.3 Å². The molecule has 0 unspecified atom stereocenters. The van der Waals surface area contributed by atoms with Gasteiger partial charge in [-0.3, -0.25) is 0 Å². The second kappa shape index (κ2) is 5.44. The monoisotopic (exact) mass is 194 g/mol. The van der Waals surface area contributed by atoms with E-state index in [0.717, 1.165) is 25.3 Å². The SMILES string of the molecule is CN(C)CCCNc1cccc(N)n1. The van der Waals surface area contributed by atoms with E-state index in [-0.39, 0.29) is 0 Å². The van der Waals surface area contributed by atoms with Gasteiger partial charge in [-0.15, -0.1) is 0 Å². The summed E-state index contributed by atoms with van der Waals surface area (Å²) in [5, 5.41) is 3.22. The second-order valence-electron chi connectivity index (χ2n) is 3.53. The first-order chi connectivity index (χ1) is 6.68. The number of nitrogen functional groups attached to an aromatic ring is 1. The smallest absolute Gasteiger partial charge is 0.128 e. The highest BCUT2D eigenvalue weighted by Gasteiger charge is 1.94. The van der Waals surface area contributed by atoms with Crippen LogP contribution in [0.5, 0.6) is 0 Å². The molecule has 0 bridgehead atoms. The molecule has 78 valence electrons. The van der Waals surface area contributed by atoms with Crippen molar-refractivity contribution in [2.45, 2.75) is 6.42 Å². The zero-order chi connectivity index (χ0) is 10.4. The summed E-state index contributed by atoms with van der Waals surface area (Å²) in [5.41, 5.74) is 5.55. The average Bonchev–Trinajstić information content (AvgIpc) is 2.12. The van der Waals surface area contributed by atoms with Crippen molar-refractivity contribution in [2.75, 3.05) is 38.2 Å². The van der Waals surface area contributed by atoms with Crippen molar-refractivity contribution in [3.63, 3.8) is 0 Å². The Bertz CT molecular complexity index is 273. The molecule has 0 aliphatic heterocycles. The summed E-state index contributed by atoms with van der Waals surface area (Å²) in [6.07, 6.45) is 1.10. The minimum absolute atomic E-state index is 0.558. The summed E-state index contributed by atoms with van der Waals surface area (Å²) in [7, 11) is 4.14. The molecular weight excluding hydrogens is 176 g/mol. The van der Waals surface area contributed by atoms with Gasteiger partial charge in [0.15, 0.2) is 0 Å². The molecule has 1 heterocycles. The summed E-state index contributed by atoms with van der Waals surface area (Å²) < 4.78 is 0. The maximum Gasteiger partial charge on any atom is 0.128 e. The number of rotatable bonds is 5. The van der Waals surface area contributed by atoms with Crippen LogP contribution in [0.1, 0.15) is 6.42 Å². The van der Waals surface area contributed by atoms with E-state index in [1.807, 2.05) is 12.1 Å². The van der Waals surface area contributed by atoms with E-state index in [4.69, 9.17) is 5.73 Å². The number of anilines is 2. The molecule has 0 aromatic carbocycles. The predicted octanol–water partition coefficient (Wildman–Crippen LogP) is 1.03. The largest absolute Gasteiger partial charge is 0.384 e. The van der Waals surface area contributed by atoms with Gasteiger partial charge in [-0.05, 0) is 39.2 Å². The highest BCUT2D eigenvalue weighted by molar-refractivity contribution is 5.41. The molecule has 0 saturated carbocycles. The molecule has 0 atom stereocenters. The Morgan fingerprint density at radius 3 is 2.86 bits per heavy atom. The Morgan fingerprint density at radius 2 is 2.21 bits per heavy atom. The number of nitrogens with two attached hydrogens (primary N) is 1. The summed E-state index contributed by atoms with van der Waals surface area (Å²) in [5.74, 6) is 1.41. The fourth-order valence-electron chi connectivity index (χ4n) is 1.16. The Morgan fingerprint density at radius 1 is 1.43 bits per heavy atom. The van der Waals surface area contributed by atoms with Crippen molar-refractivity contribution in [1.29, 1.82) is 0 Å². The molecule has 3 N–H and O–H groups in total. The molecule has 0 saturated heterocycles. The van der Waals surface area contributed by atoms with Crippen molar-refractivity contribution in [3.05, 3.63) is 18.2 Å². The van der Waals surface area contributed by atoms with E-state index in [1.165, 1.54) is 0 Å².